The Balaban J connectivity index is 1.54. The lowest BCUT2D eigenvalue weighted by Gasteiger charge is -2.42. The maximum atomic E-state index is 13.4. The van der Waals surface area contributed by atoms with Crippen LogP contribution < -0.4 is 4.74 Å². The fourth-order valence-electron chi connectivity index (χ4n) is 4.54. The molecule has 2 fully saturated rings. The van der Waals surface area contributed by atoms with E-state index in [1.165, 1.54) is 0 Å². The van der Waals surface area contributed by atoms with E-state index in [9.17, 15) is 4.79 Å². The van der Waals surface area contributed by atoms with Crippen molar-refractivity contribution in [3.8, 4) is 5.75 Å². The number of aromatic nitrogens is 2. The highest BCUT2D eigenvalue weighted by molar-refractivity contribution is 5.93. The number of aryl methyl sites for hydroxylation is 2. The molecule has 1 amide bonds. The zero-order valence-corrected chi connectivity index (χ0v) is 16.2. The summed E-state index contributed by atoms with van der Waals surface area (Å²) in [6, 6.07) is 10.4. The van der Waals surface area contributed by atoms with Gasteiger partial charge in [-0.25, -0.2) is 0 Å². The van der Waals surface area contributed by atoms with Crippen LogP contribution in [0.15, 0.2) is 30.3 Å². The fraction of sp³-hybridized carbons (Fsp3) is 0.524. The monoisotopic (exact) mass is 353 g/mol. The molecule has 2 heterocycles. The largest absolute Gasteiger partial charge is 0.497 e. The average molecular weight is 353 g/mol. The van der Waals surface area contributed by atoms with Crippen LogP contribution in [0.4, 0.5) is 0 Å². The highest BCUT2D eigenvalue weighted by atomic mass is 16.5. The van der Waals surface area contributed by atoms with Crippen molar-refractivity contribution in [2.45, 2.75) is 45.6 Å². The number of hydrogen-bond donors (Lipinski definition) is 0. The van der Waals surface area contributed by atoms with Gasteiger partial charge in [-0.05, 0) is 49.4 Å². The van der Waals surface area contributed by atoms with E-state index in [2.05, 4.69) is 36.6 Å². The molecule has 1 aliphatic carbocycles. The minimum absolute atomic E-state index is 0.0119. The molecule has 1 aromatic heterocycles. The van der Waals surface area contributed by atoms with Gasteiger partial charge in [0.1, 0.15) is 5.75 Å². The summed E-state index contributed by atoms with van der Waals surface area (Å²) < 4.78 is 7.33. The van der Waals surface area contributed by atoms with Gasteiger partial charge in [-0.1, -0.05) is 26.0 Å². The Morgan fingerprint density at radius 1 is 1.19 bits per heavy atom. The number of methoxy groups -OCH3 is 1. The van der Waals surface area contributed by atoms with Gasteiger partial charge in [-0.2, -0.15) is 5.10 Å². The summed E-state index contributed by atoms with van der Waals surface area (Å²) in [4.78, 5) is 15.4. The first-order valence-corrected chi connectivity index (χ1v) is 9.25. The Morgan fingerprint density at radius 2 is 1.81 bits per heavy atom. The van der Waals surface area contributed by atoms with Gasteiger partial charge in [0, 0.05) is 18.8 Å². The topological polar surface area (TPSA) is 47.4 Å². The summed E-state index contributed by atoms with van der Waals surface area (Å²) in [5.74, 6) is 1.08. The molecular formula is C21H27N3O2. The highest BCUT2D eigenvalue weighted by Crippen LogP contribution is 2.65. The van der Waals surface area contributed by atoms with E-state index < -0.39 is 5.41 Å². The third kappa shape index (κ3) is 2.37. The van der Waals surface area contributed by atoms with Crippen LogP contribution in [0.1, 0.15) is 43.3 Å². The van der Waals surface area contributed by atoms with Gasteiger partial charge >= 0.3 is 0 Å². The lowest BCUT2D eigenvalue weighted by atomic mass is 9.85. The molecular weight excluding hydrogens is 326 g/mol. The summed E-state index contributed by atoms with van der Waals surface area (Å²) >= 11 is 0. The summed E-state index contributed by atoms with van der Waals surface area (Å²) in [5, 5.41) is 4.57. The molecule has 0 spiro atoms. The van der Waals surface area contributed by atoms with Crippen LogP contribution in [0.2, 0.25) is 0 Å². The van der Waals surface area contributed by atoms with Crippen molar-refractivity contribution in [1.82, 2.24) is 14.7 Å². The average Bonchev–Trinajstić information content (AvgIpc) is 3.01. The second kappa shape index (κ2) is 5.60. The Bertz CT molecular complexity index is 847. The van der Waals surface area contributed by atoms with Gasteiger partial charge in [-0.3, -0.25) is 9.48 Å². The predicted octanol–water partition coefficient (Wildman–Crippen LogP) is 3.26. The van der Waals surface area contributed by atoms with Crippen LogP contribution in [-0.2, 0) is 10.2 Å². The number of hydrogen-bond acceptors (Lipinski definition) is 3. The van der Waals surface area contributed by atoms with E-state index in [1.54, 1.807) is 7.11 Å². The smallest absolute Gasteiger partial charge is 0.233 e. The van der Waals surface area contributed by atoms with E-state index in [1.807, 2.05) is 36.1 Å². The van der Waals surface area contributed by atoms with E-state index in [0.29, 0.717) is 6.04 Å². The molecule has 5 nitrogen and oxygen atoms in total. The number of nitrogens with zero attached hydrogens (tertiary/aromatic N) is 3. The van der Waals surface area contributed by atoms with E-state index in [4.69, 9.17) is 4.74 Å². The third-order valence-corrected chi connectivity index (χ3v) is 6.23. The number of rotatable bonds is 4. The first kappa shape index (κ1) is 17.1. The van der Waals surface area contributed by atoms with Gasteiger partial charge in [0.2, 0.25) is 5.91 Å². The molecule has 1 atom stereocenters. The SMILES string of the molecule is COc1ccc([C@@]2(C(=O)N3CC(n4nc(C)cc4C)C3)CC2(C)C)cc1. The van der Waals surface area contributed by atoms with Crippen LogP contribution >= 0.6 is 0 Å². The van der Waals surface area contributed by atoms with Crippen molar-refractivity contribution >= 4 is 5.91 Å². The second-order valence-corrected chi connectivity index (χ2v) is 8.43. The maximum absolute atomic E-state index is 13.4. The first-order chi connectivity index (χ1) is 12.3. The Labute approximate surface area is 154 Å². The van der Waals surface area contributed by atoms with Crippen LogP contribution in [0.3, 0.4) is 0 Å². The molecule has 1 aliphatic heterocycles. The second-order valence-electron chi connectivity index (χ2n) is 8.43. The summed E-state index contributed by atoms with van der Waals surface area (Å²) in [5.41, 5.74) is 2.88. The van der Waals surface area contributed by atoms with Crippen LogP contribution in [0, 0.1) is 19.3 Å². The molecule has 0 unspecified atom stereocenters. The van der Waals surface area contributed by atoms with Gasteiger partial charge in [0.15, 0.2) is 0 Å². The van der Waals surface area contributed by atoms with Crippen LogP contribution in [0.5, 0.6) is 5.75 Å². The Kier molecular flexibility index (Phi) is 3.69. The molecule has 138 valence electrons. The third-order valence-electron chi connectivity index (χ3n) is 6.23. The van der Waals surface area contributed by atoms with Gasteiger partial charge in [0.05, 0.1) is 24.3 Å². The van der Waals surface area contributed by atoms with E-state index >= 15 is 0 Å². The Morgan fingerprint density at radius 3 is 2.27 bits per heavy atom. The highest BCUT2D eigenvalue weighted by Gasteiger charge is 2.68. The molecule has 1 saturated heterocycles. The summed E-state index contributed by atoms with van der Waals surface area (Å²) in [6.45, 7) is 9.95. The molecule has 4 rings (SSSR count). The molecule has 0 N–H and O–H groups in total. The molecule has 5 heteroatoms. The summed E-state index contributed by atoms with van der Waals surface area (Å²) in [7, 11) is 1.66. The van der Waals surface area contributed by atoms with Gasteiger partial charge in [-0.15, -0.1) is 0 Å². The normalized spacial score (nSPS) is 24.3. The van der Waals surface area contributed by atoms with Crippen molar-refractivity contribution in [1.29, 1.82) is 0 Å². The standard InChI is InChI=1S/C21H27N3O2/c1-14-10-15(2)24(22-14)17-11-23(12-17)19(25)21(13-20(21,3)4)16-6-8-18(26-5)9-7-16/h6-10,17H,11-13H2,1-5H3/t21-/m1/s1. The number of likely N-dealkylation sites (tertiary alicyclic amines) is 1. The number of carbonyl (C=O) groups excluding carboxylic acids is 1. The van der Waals surface area contributed by atoms with Gasteiger partial charge < -0.3 is 9.64 Å². The molecule has 2 aromatic rings. The maximum Gasteiger partial charge on any atom is 0.233 e. The van der Waals surface area contributed by atoms with Crippen LogP contribution in [-0.4, -0.2) is 40.8 Å². The lowest BCUT2D eigenvalue weighted by Crippen LogP contribution is -2.55. The molecule has 0 bridgehead atoms. The fourth-order valence-corrected chi connectivity index (χ4v) is 4.54. The number of ether oxygens (including phenoxy) is 1. The van der Waals surface area contributed by atoms with Crippen molar-refractivity contribution in [2.24, 2.45) is 5.41 Å². The molecule has 26 heavy (non-hydrogen) atoms. The lowest BCUT2D eigenvalue weighted by molar-refractivity contribution is -0.141. The Hall–Kier alpha value is -2.30. The van der Waals surface area contributed by atoms with Crippen molar-refractivity contribution in [3.63, 3.8) is 0 Å². The number of benzene rings is 1. The predicted molar refractivity (Wildman–Crippen MR) is 100 cm³/mol. The first-order valence-electron chi connectivity index (χ1n) is 9.25. The quantitative estimate of drug-likeness (QED) is 0.848. The van der Waals surface area contributed by atoms with Crippen LogP contribution in [0.25, 0.3) is 0 Å². The molecule has 1 aromatic carbocycles. The molecule has 0 radical (unpaired) electrons. The van der Waals surface area contributed by atoms with Crippen molar-refractivity contribution in [3.05, 3.63) is 47.3 Å². The van der Waals surface area contributed by atoms with Crippen molar-refractivity contribution < 1.29 is 9.53 Å². The molecule has 2 aliphatic rings. The number of amides is 1. The summed E-state index contributed by atoms with van der Waals surface area (Å²) in [6.07, 6.45) is 0.895. The number of carbonyl (C=O) groups is 1. The minimum Gasteiger partial charge on any atom is -0.497 e. The van der Waals surface area contributed by atoms with Crippen molar-refractivity contribution in [2.75, 3.05) is 20.2 Å². The van der Waals surface area contributed by atoms with E-state index in [-0.39, 0.29) is 11.3 Å². The van der Waals surface area contributed by atoms with Gasteiger partial charge in [0.25, 0.3) is 0 Å². The molecule has 1 saturated carbocycles. The zero-order valence-electron chi connectivity index (χ0n) is 16.2. The van der Waals surface area contributed by atoms with E-state index in [0.717, 1.165) is 42.2 Å². The zero-order chi connectivity index (χ0) is 18.7. The minimum atomic E-state index is -0.403.